The van der Waals surface area contributed by atoms with Crippen molar-refractivity contribution < 1.29 is 4.79 Å². The lowest BCUT2D eigenvalue weighted by molar-refractivity contribution is -0.119. The number of hydrogen-bond donors (Lipinski definition) is 1. The second kappa shape index (κ2) is 5.67. The van der Waals surface area contributed by atoms with Gasteiger partial charge in [0.1, 0.15) is 0 Å². The lowest BCUT2D eigenvalue weighted by Crippen LogP contribution is -2.26. The molecule has 0 heterocycles. The van der Waals surface area contributed by atoms with E-state index in [0.29, 0.717) is 0 Å². The number of amides is 1. The molecule has 0 aliphatic heterocycles. The number of carbonyl (C=O) groups is 1. The van der Waals surface area contributed by atoms with Gasteiger partial charge in [0, 0.05) is 6.92 Å². The van der Waals surface area contributed by atoms with Crippen molar-refractivity contribution >= 4 is 16.7 Å². The van der Waals surface area contributed by atoms with Crippen LogP contribution in [0.25, 0.3) is 10.8 Å². The molecule has 0 aliphatic rings. The first-order chi connectivity index (χ1) is 8.72. The zero-order valence-electron chi connectivity index (χ0n) is 10.9. The fourth-order valence-electron chi connectivity index (χ4n) is 2.39. The fraction of sp³-hybridized carbons (Fsp3) is 0.312. The topological polar surface area (TPSA) is 29.1 Å². The molecule has 1 atom stereocenters. The van der Waals surface area contributed by atoms with E-state index in [-0.39, 0.29) is 11.9 Å². The van der Waals surface area contributed by atoms with E-state index in [1.165, 1.54) is 16.3 Å². The standard InChI is InChI=1S/C16H19NO/c1-3-7-16(17-12(2)18)15-11-6-9-13-8-4-5-10-14(13)15/h4-6,8-11,16H,3,7H2,1-2H3,(H,17,18). The highest BCUT2D eigenvalue weighted by Gasteiger charge is 2.13. The Labute approximate surface area is 108 Å². The second-order valence-electron chi connectivity index (χ2n) is 4.61. The third-order valence-electron chi connectivity index (χ3n) is 3.15. The SMILES string of the molecule is CCCC(NC(C)=O)c1cccc2ccccc12. The highest BCUT2D eigenvalue weighted by molar-refractivity contribution is 5.86. The van der Waals surface area contributed by atoms with Gasteiger partial charge in [0.25, 0.3) is 0 Å². The Kier molecular flexibility index (Phi) is 3.98. The number of hydrogen-bond acceptors (Lipinski definition) is 1. The molecular weight excluding hydrogens is 222 g/mol. The molecule has 0 bridgehead atoms. The van der Waals surface area contributed by atoms with E-state index >= 15 is 0 Å². The van der Waals surface area contributed by atoms with Gasteiger partial charge in [-0.3, -0.25) is 4.79 Å². The van der Waals surface area contributed by atoms with Gasteiger partial charge >= 0.3 is 0 Å². The van der Waals surface area contributed by atoms with Gasteiger partial charge in [-0.1, -0.05) is 55.8 Å². The second-order valence-corrected chi connectivity index (χ2v) is 4.61. The molecule has 1 amide bonds. The van der Waals surface area contributed by atoms with E-state index < -0.39 is 0 Å². The minimum atomic E-state index is 0.0291. The number of rotatable bonds is 4. The van der Waals surface area contributed by atoms with Crippen LogP contribution in [0.5, 0.6) is 0 Å². The summed E-state index contributed by atoms with van der Waals surface area (Å²) in [6, 6.07) is 14.7. The van der Waals surface area contributed by atoms with Crippen molar-refractivity contribution in [3.63, 3.8) is 0 Å². The summed E-state index contributed by atoms with van der Waals surface area (Å²) in [6.45, 7) is 3.72. The van der Waals surface area contributed by atoms with Crippen molar-refractivity contribution in [1.29, 1.82) is 0 Å². The van der Waals surface area contributed by atoms with Gasteiger partial charge < -0.3 is 5.32 Å². The maximum atomic E-state index is 11.3. The molecule has 0 saturated heterocycles. The lowest BCUT2D eigenvalue weighted by Gasteiger charge is -2.19. The van der Waals surface area contributed by atoms with Crippen LogP contribution in [0.4, 0.5) is 0 Å². The maximum absolute atomic E-state index is 11.3. The molecule has 0 radical (unpaired) electrons. The molecule has 2 rings (SSSR count). The summed E-state index contributed by atoms with van der Waals surface area (Å²) in [5, 5.41) is 5.50. The van der Waals surface area contributed by atoms with Crippen LogP contribution in [0.1, 0.15) is 38.3 Å². The first-order valence-corrected chi connectivity index (χ1v) is 6.47. The van der Waals surface area contributed by atoms with Crippen molar-refractivity contribution in [2.75, 3.05) is 0 Å². The highest BCUT2D eigenvalue weighted by Crippen LogP contribution is 2.27. The molecule has 18 heavy (non-hydrogen) atoms. The summed E-state index contributed by atoms with van der Waals surface area (Å²) >= 11 is 0. The maximum Gasteiger partial charge on any atom is 0.217 e. The number of carbonyl (C=O) groups excluding carboxylic acids is 1. The molecule has 94 valence electrons. The predicted molar refractivity (Wildman–Crippen MR) is 75.4 cm³/mol. The summed E-state index contributed by atoms with van der Waals surface area (Å²) < 4.78 is 0. The van der Waals surface area contributed by atoms with Crippen LogP contribution in [-0.4, -0.2) is 5.91 Å². The molecule has 0 spiro atoms. The third-order valence-corrected chi connectivity index (χ3v) is 3.15. The molecular formula is C16H19NO. The Balaban J connectivity index is 2.46. The highest BCUT2D eigenvalue weighted by atomic mass is 16.1. The molecule has 2 nitrogen and oxygen atoms in total. The van der Waals surface area contributed by atoms with E-state index in [9.17, 15) is 4.79 Å². The molecule has 2 heteroatoms. The van der Waals surface area contributed by atoms with Crippen LogP contribution >= 0.6 is 0 Å². The van der Waals surface area contributed by atoms with Crippen LogP contribution in [-0.2, 0) is 4.79 Å². The van der Waals surface area contributed by atoms with E-state index in [1.54, 1.807) is 6.92 Å². The smallest absolute Gasteiger partial charge is 0.217 e. The molecule has 1 N–H and O–H groups in total. The molecule has 0 aromatic heterocycles. The Morgan fingerprint density at radius 3 is 2.61 bits per heavy atom. The van der Waals surface area contributed by atoms with E-state index in [2.05, 4.69) is 42.6 Å². The van der Waals surface area contributed by atoms with E-state index in [1.807, 2.05) is 12.1 Å². The minimum Gasteiger partial charge on any atom is -0.350 e. The van der Waals surface area contributed by atoms with Crippen LogP contribution in [0.3, 0.4) is 0 Å². The number of fused-ring (bicyclic) bond motifs is 1. The van der Waals surface area contributed by atoms with Crippen molar-refractivity contribution in [1.82, 2.24) is 5.32 Å². The number of nitrogens with one attached hydrogen (secondary N) is 1. The van der Waals surface area contributed by atoms with Gasteiger partial charge in [-0.05, 0) is 22.8 Å². The largest absolute Gasteiger partial charge is 0.350 e. The van der Waals surface area contributed by atoms with Crippen molar-refractivity contribution in [3.05, 3.63) is 48.0 Å². The van der Waals surface area contributed by atoms with Gasteiger partial charge in [0.05, 0.1) is 6.04 Å². The first-order valence-electron chi connectivity index (χ1n) is 6.47. The minimum absolute atomic E-state index is 0.0291. The molecule has 0 fully saturated rings. The lowest BCUT2D eigenvalue weighted by atomic mass is 9.96. The Morgan fingerprint density at radius 2 is 1.89 bits per heavy atom. The molecule has 1 unspecified atom stereocenters. The summed E-state index contributed by atoms with van der Waals surface area (Å²) in [5.41, 5.74) is 1.21. The Morgan fingerprint density at radius 1 is 1.17 bits per heavy atom. The van der Waals surface area contributed by atoms with Gasteiger partial charge in [-0.25, -0.2) is 0 Å². The Hall–Kier alpha value is -1.83. The fourth-order valence-corrected chi connectivity index (χ4v) is 2.39. The zero-order chi connectivity index (χ0) is 13.0. The van der Waals surface area contributed by atoms with Gasteiger partial charge in [0.2, 0.25) is 5.91 Å². The van der Waals surface area contributed by atoms with Crippen LogP contribution < -0.4 is 5.32 Å². The van der Waals surface area contributed by atoms with Crippen LogP contribution in [0.15, 0.2) is 42.5 Å². The normalized spacial score (nSPS) is 12.3. The molecule has 2 aromatic rings. The zero-order valence-corrected chi connectivity index (χ0v) is 10.9. The van der Waals surface area contributed by atoms with Gasteiger partial charge in [0.15, 0.2) is 0 Å². The molecule has 2 aromatic carbocycles. The average molecular weight is 241 g/mol. The van der Waals surface area contributed by atoms with Crippen LogP contribution in [0, 0.1) is 0 Å². The summed E-state index contributed by atoms with van der Waals surface area (Å²) in [5.74, 6) is 0.0291. The summed E-state index contributed by atoms with van der Waals surface area (Å²) in [6.07, 6.45) is 2.02. The van der Waals surface area contributed by atoms with E-state index in [4.69, 9.17) is 0 Å². The quantitative estimate of drug-likeness (QED) is 0.866. The van der Waals surface area contributed by atoms with Crippen molar-refractivity contribution in [2.45, 2.75) is 32.7 Å². The molecule has 0 aliphatic carbocycles. The first kappa shape index (κ1) is 12.6. The third kappa shape index (κ3) is 2.70. The predicted octanol–water partition coefficient (Wildman–Crippen LogP) is 3.82. The monoisotopic (exact) mass is 241 g/mol. The summed E-state index contributed by atoms with van der Waals surface area (Å²) in [4.78, 5) is 11.3. The van der Waals surface area contributed by atoms with Crippen molar-refractivity contribution in [2.24, 2.45) is 0 Å². The van der Waals surface area contributed by atoms with Crippen LogP contribution in [0.2, 0.25) is 0 Å². The molecule has 0 saturated carbocycles. The average Bonchev–Trinajstić information content (AvgIpc) is 2.37. The number of benzene rings is 2. The Bertz CT molecular complexity index is 542. The van der Waals surface area contributed by atoms with Gasteiger partial charge in [-0.2, -0.15) is 0 Å². The summed E-state index contributed by atoms with van der Waals surface area (Å²) in [7, 11) is 0. The van der Waals surface area contributed by atoms with E-state index in [0.717, 1.165) is 12.8 Å². The van der Waals surface area contributed by atoms with Crippen molar-refractivity contribution in [3.8, 4) is 0 Å². The van der Waals surface area contributed by atoms with Gasteiger partial charge in [-0.15, -0.1) is 0 Å².